The maximum atomic E-state index is 14.0. The van der Waals surface area contributed by atoms with E-state index in [1.807, 2.05) is 4.72 Å². The predicted octanol–water partition coefficient (Wildman–Crippen LogP) is 2.47. The Morgan fingerprint density at radius 3 is 2.37 bits per heavy atom. The molecule has 27 heavy (non-hydrogen) atoms. The second kappa shape index (κ2) is 7.53. The van der Waals surface area contributed by atoms with E-state index in [1.54, 1.807) is 0 Å². The number of carbonyl (C=O) groups excluding carboxylic acids is 1. The third-order valence-electron chi connectivity index (χ3n) is 3.35. The van der Waals surface area contributed by atoms with Crippen LogP contribution in [0, 0.1) is 21.7 Å². The van der Waals surface area contributed by atoms with Gasteiger partial charge in [-0.15, -0.1) is 0 Å². The van der Waals surface area contributed by atoms with Gasteiger partial charge in [-0.3, -0.25) is 14.8 Å². The van der Waals surface area contributed by atoms with Crippen molar-refractivity contribution in [2.24, 2.45) is 0 Å². The monoisotopic (exact) mass is 402 g/mol. The molecule has 0 aliphatic carbocycles. The summed E-state index contributed by atoms with van der Waals surface area (Å²) in [5.41, 5.74) is -2.01. The number of hydrogen-bond acceptors (Lipinski definition) is 7. The van der Waals surface area contributed by atoms with Gasteiger partial charge in [-0.2, -0.15) is 0 Å². The number of nitro benzene ring substituents is 1. The van der Waals surface area contributed by atoms with Crippen LogP contribution in [0.15, 0.2) is 35.2 Å². The summed E-state index contributed by atoms with van der Waals surface area (Å²) in [7, 11) is -2.50. The second-order valence-electron chi connectivity index (χ2n) is 5.00. The zero-order chi connectivity index (χ0) is 20.4. The van der Waals surface area contributed by atoms with Gasteiger partial charge in [-0.05, 0) is 12.1 Å². The van der Waals surface area contributed by atoms with Crippen LogP contribution in [0.3, 0.4) is 0 Å². The zero-order valence-electron chi connectivity index (χ0n) is 13.9. The third kappa shape index (κ3) is 4.11. The molecule has 0 unspecified atom stereocenters. The number of nitrogens with one attached hydrogen (secondary N) is 1. The summed E-state index contributed by atoms with van der Waals surface area (Å²) < 4.78 is 63.8. The third-order valence-corrected chi connectivity index (χ3v) is 4.74. The SMILES string of the molecule is COC(=O)c1cc(NS(=O)(=O)c2cc([N+](=O)[O-])ccc2OC)c(F)cc1F. The number of nitro groups is 1. The standard InChI is InChI=1S/C15H12F2N2O7S/c1-25-13-4-3-8(19(21)22)5-14(13)27(23,24)18-12-6-9(15(20)26-2)10(16)7-11(12)17/h3-7,18H,1-2H3. The van der Waals surface area contributed by atoms with Crippen LogP contribution in [0.1, 0.15) is 10.4 Å². The van der Waals surface area contributed by atoms with Crippen molar-refractivity contribution in [1.82, 2.24) is 0 Å². The molecule has 1 N–H and O–H groups in total. The zero-order valence-corrected chi connectivity index (χ0v) is 14.7. The van der Waals surface area contributed by atoms with Crippen molar-refractivity contribution in [2.45, 2.75) is 4.90 Å². The number of nitrogens with zero attached hydrogens (tertiary/aromatic N) is 1. The highest BCUT2D eigenvalue weighted by Crippen LogP contribution is 2.31. The number of carbonyl (C=O) groups is 1. The Kier molecular flexibility index (Phi) is 5.59. The van der Waals surface area contributed by atoms with E-state index < -0.39 is 54.4 Å². The molecule has 0 aliphatic rings. The average Bonchev–Trinajstić information content (AvgIpc) is 2.62. The molecule has 144 valence electrons. The fourth-order valence-corrected chi connectivity index (χ4v) is 3.33. The number of sulfonamides is 1. The molecule has 0 saturated heterocycles. The van der Waals surface area contributed by atoms with E-state index in [1.165, 1.54) is 0 Å². The highest BCUT2D eigenvalue weighted by molar-refractivity contribution is 7.92. The van der Waals surface area contributed by atoms with E-state index in [2.05, 4.69) is 4.74 Å². The van der Waals surface area contributed by atoms with Gasteiger partial charge in [0.05, 0.1) is 30.4 Å². The van der Waals surface area contributed by atoms with Gasteiger partial charge in [0.1, 0.15) is 22.3 Å². The van der Waals surface area contributed by atoms with Gasteiger partial charge < -0.3 is 9.47 Å². The molecule has 0 amide bonds. The number of hydrogen-bond donors (Lipinski definition) is 1. The smallest absolute Gasteiger partial charge is 0.340 e. The quantitative estimate of drug-likeness (QED) is 0.447. The maximum absolute atomic E-state index is 14.0. The number of anilines is 1. The predicted molar refractivity (Wildman–Crippen MR) is 88.2 cm³/mol. The lowest BCUT2D eigenvalue weighted by atomic mass is 10.2. The number of benzene rings is 2. The number of non-ortho nitro benzene ring substituents is 1. The Bertz CT molecular complexity index is 1030. The number of methoxy groups -OCH3 is 2. The van der Waals surface area contributed by atoms with Crippen LogP contribution in [0.5, 0.6) is 5.75 Å². The first-order valence-corrected chi connectivity index (χ1v) is 8.51. The molecule has 2 aromatic rings. The van der Waals surface area contributed by atoms with Crippen molar-refractivity contribution < 1.29 is 36.4 Å². The summed E-state index contributed by atoms with van der Waals surface area (Å²) in [5, 5.41) is 10.9. The Labute approximate surface area is 151 Å². The van der Waals surface area contributed by atoms with Crippen molar-refractivity contribution in [3.63, 3.8) is 0 Å². The Morgan fingerprint density at radius 2 is 1.81 bits per heavy atom. The maximum Gasteiger partial charge on any atom is 0.340 e. The summed E-state index contributed by atoms with van der Waals surface area (Å²) >= 11 is 0. The summed E-state index contributed by atoms with van der Waals surface area (Å²) in [6.45, 7) is 0. The van der Waals surface area contributed by atoms with Crippen molar-refractivity contribution in [2.75, 3.05) is 18.9 Å². The molecule has 9 nitrogen and oxygen atoms in total. The molecular weight excluding hydrogens is 390 g/mol. The largest absolute Gasteiger partial charge is 0.495 e. The Morgan fingerprint density at radius 1 is 1.15 bits per heavy atom. The van der Waals surface area contributed by atoms with Gasteiger partial charge in [-0.1, -0.05) is 0 Å². The molecule has 0 atom stereocenters. The summed E-state index contributed by atoms with van der Waals surface area (Å²) in [4.78, 5) is 20.9. The lowest BCUT2D eigenvalue weighted by Gasteiger charge is -2.13. The van der Waals surface area contributed by atoms with E-state index in [-0.39, 0.29) is 5.75 Å². The minimum atomic E-state index is -4.59. The van der Waals surface area contributed by atoms with Crippen LogP contribution >= 0.6 is 0 Å². The van der Waals surface area contributed by atoms with Gasteiger partial charge in [-0.25, -0.2) is 22.0 Å². The van der Waals surface area contributed by atoms with Crippen LogP contribution in [0.4, 0.5) is 20.2 Å². The number of esters is 1. The molecular formula is C15H12F2N2O7S. The van der Waals surface area contributed by atoms with Crippen LogP contribution in [0.2, 0.25) is 0 Å². The topological polar surface area (TPSA) is 125 Å². The van der Waals surface area contributed by atoms with Gasteiger partial charge in [0.25, 0.3) is 15.7 Å². The first-order valence-electron chi connectivity index (χ1n) is 7.03. The van der Waals surface area contributed by atoms with Gasteiger partial charge in [0, 0.05) is 18.2 Å². The lowest BCUT2D eigenvalue weighted by molar-refractivity contribution is -0.385. The van der Waals surface area contributed by atoms with E-state index in [9.17, 15) is 32.1 Å². The van der Waals surface area contributed by atoms with Gasteiger partial charge >= 0.3 is 5.97 Å². The molecule has 12 heteroatoms. The van der Waals surface area contributed by atoms with E-state index in [0.717, 1.165) is 26.4 Å². The van der Waals surface area contributed by atoms with Gasteiger partial charge in [0.15, 0.2) is 0 Å². The van der Waals surface area contributed by atoms with E-state index in [4.69, 9.17) is 4.74 Å². The van der Waals surface area contributed by atoms with E-state index in [0.29, 0.717) is 18.2 Å². The molecule has 0 aliphatic heterocycles. The molecule has 0 aromatic heterocycles. The molecule has 0 fully saturated rings. The van der Waals surface area contributed by atoms with Crippen molar-refractivity contribution in [3.8, 4) is 5.75 Å². The Balaban J connectivity index is 2.56. The minimum absolute atomic E-state index is 0.246. The number of rotatable bonds is 6. The van der Waals surface area contributed by atoms with Crippen LogP contribution < -0.4 is 9.46 Å². The van der Waals surface area contributed by atoms with Crippen molar-refractivity contribution in [1.29, 1.82) is 0 Å². The number of ether oxygens (including phenoxy) is 2. The first kappa shape index (κ1) is 20.0. The molecule has 0 radical (unpaired) electrons. The molecule has 0 bridgehead atoms. The van der Waals surface area contributed by atoms with Gasteiger partial charge in [0.2, 0.25) is 0 Å². The molecule has 2 rings (SSSR count). The highest BCUT2D eigenvalue weighted by Gasteiger charge is 2.26. The lowest BCUT2D eigenvalue weighted by Crippen LogP contribution is -2.16. The van der Waals surface area contributed by atoms with Crippen LogP contribution in [-0.2, 0) is 14.8 Å². The van der Waals surface area contributed by atoms with Crippen LogP contribution in [0.25, 0.3) is 0 Å². The molecule has 0 saturated carbocycles. The number of halogens is 2. The van der Waals surface area contributed by atoms with Crippen molar-refractivity contribution in [3.05, 3.63) is 57.6 Å². The van der Waals surface area contributed by atoms with Crippen molar-refractivity contribution >= 4 is 27.4 Å². The first-order chi connectivity index (χ1) is 12.6. The average molecular weight is 402 g/mol. The molecule has 0 heterocycles. The highest BCUT2D eigenvalue weighted by atomic mass is 32.2. The van der Waals surface area contributed by atoms with Crippen LogP contribution in [-0.4, -0.2) is 33.5 Å². The molecule has 0 spiro atoms. The second-order valence-corrected chi connectivity index (χ2v) is 6.65. The molecule has 2 aromatic carbocycles. The fraction of sp³-hybridized carbons (Fsp3) is 0.133. The summed E-state index contributed by atoms with van der Waals surface area (Å²) in [6.07, 6.45) is 0. The summed E-state index contributed by atoms with van der Waals surface area (Å²) in [5.74, 6) is -3.96. The van der Waals surface area contributed by atoms with E-state index >= 15 is 0 Å². The normalized spacial score (nSPS) is 11.0. The fourth-order valence-electron chi connectivity index (χ4n) is 2.08. The summed E-state index contributed by atoms with van der Waals surface area (Å²) in [6, 6.07) is 3.69. The minimum Gasteiger partial charge on any atom is -0.495 e. The Hall–Kier alpha value is -3.28.